The van der Waals surface area contributed by atoms with Crippen molar-refractivity contribution in [2.24, 2.45) is 5.92 Å². The summed E-state index contributed by atoms with van der Waals surface area (Å²) < 4.78 is 1.66. The largest absolute Gasteiger partial charge is 0.391 e. The second-order valence-corrected chi connectivity index (χ2v) is 10.1. The maximum absolute atomic E-state index is 13.5. The van der Waals surface area contributed by atoms with E-state index in [2.05, 4.69) is 15.4 Å². The van der Waals surface area contributed by atoms with Gasteiger partial charge in [0, 0.05) is 25.7 Å². The maximum atomic E-state index is 13.5. The number of hydrogen-bond acceptors (Lipinski definition) is 6. The number of nitrogens with one attached hydrogen (secondary N) is 1. The second-order valence-electron chi connectivity index (χ2n) is 9.26. The van der Waals surface area contributed by atoms with Crippen molar-refractivity contribution >= 4 is 23.2 Å². The molecular formula is C25H31N5O3S. The van der Waals surface area contributed by atoms with Gasteiger partial charge < -0.3 is 15.3 Å². The molecule has 0 aliphatic carbocycles. The van der Waals surface area contributed by atoms with Gasteiger partial charge in [-0.25, -0.2) is 4.98 Å². The number of carbonyl (C=O) groups excluding carboxylic acids is 2. The van der Waals surface area contributed by atoms with Crippen molar-refractivity contribution in [2.45, 2.75) is 58.8 Å². The number of nitrogens with zero attached hydrogens (tertiary/aromatic N) is 4. The van der Waals surface area contributed by atoms with E-state index in [0.717, 1.165) is 27.3 Å². The Morgan fingerprint density at radius 3 is 2.56 bits per heavy atom. The number of rotatable bonds is 7. The Hall–Kier alpha value is -3.04. The summed E-state index contributed by atoms with van der Waals surface area (Å²) in [5, 5.41) is 17.6. The predicted molar refractivity (Wildman–Crippen MR) is 131 cm³/mol. The lowest BCUT2D eigenvalue weighted by Gasteiger charge is -2.30. The van der Waals surface area contributed by atoms with Gasteiger partial charge in [-0.15, -0.1) is 11.3 Å². The molecule has 34 heavy (non-hydrogen) atoms. The number of hydrogen-bond donors (Lipinski definition) is 2. The van der Waals surface area contributed by atoms with Gasteiger partial charge in [0.05, 0.1) is 28.4 Å². The molecule has 8 nitrogen and oxygen atoms in total. The minimum Gasteiger partial charge on any atom is -0.391 e. The van der Waals surface area contributed by atoms with Gasteiger partial charge in [-0.2, -0.15) is 5.10 Å². The summed E-state index contributed by atoms with van der Waals surface area (Å²) in [7, 11) is 0. The Balaban J connectivity index is 1.43. The smallest absolute Gasteiger partial charge is 0.248 e. The molecule has 1 fully saturated rings. The molecule has 180 valence electrons. The van der Waals surface area contributed by atoms with Crippen LogP contribution in [0.25, 0.3) is 10.4 Å². The van der Waals surface area contributed by atoms with Crippen LogP contribution in [0.2, 0.25) is 0 Å². The summed E-state index contributed by atoms with van der Waals surface area (Å²) in [6.45, 7) is 8.31. The minimum atomic E-state index is -0.728. The Bertz CT molecular complexity index is 1150. The fourth-order valence-corrected chi connectivity index (χ4v) is 5.24. The molecule has 1 aliphatic rings. The zero-order valence-electron chi connectivity index (χ0n) is 19.9. The van der Waals surface area contributed by atoms with Gasteiger partial charge in [0.25, 0.3) is 0 Å². The third-order valence-corrected chi connectivity index (χ3v) is 7.17. The molecule has 0 bridgehead atoms. The summed E-state index contributed by atoms with van der Waals surface area (Å²) in [5.74, 6) is -0.473. The average molecular weight is 482 g/mol. The highest BCUT2D eigenvalue weighted by Gasteiger charge is 2.42. The lowest BCUT2D eigenvalue weighted by Crippen LogP contribution is -2.49. The number of β-amino-alcohol motifs (C(OH)–C–C–N with tert-alkyl or cyclic N) is 1. The van der Waals surface area contributed by atoms with Gasteiger partial charge in [0.1, 0.15) is 12.1 Å². The monoisotopic (exact) mass is 481 g/mol. The third-order valence-electron chi connectivity index (χ3n) is 6.19. The highest BCUT2D eigenvalue weighted by Crippen LogP contribution is 2.28. The van der Waals surface area contributed by atoms with Gasteiger partial charge in [0.15, 0.2) is 0 Å². The van der Waals surface area contributed by atoms with Crippen molar-refractivity contribution < 1.29 is 14.7 Å². The standard InChI is InChI=1S/C25H31N5O3S/c1-15(2)22(30-12-16(3)10-28-30)25(33)29-13-20(31)9-21(29)24(32)26-11-18-5-7-19(8-6-18)23-17(4)27-14-34-23/h5-8,10,12,14-15,20-22,31H,9,11,13H2,1-4H3,(H,26,32)/t20-,21+,22+/m1/s1. The summed E-state index contributed by atoms with van der Waals surface area (Å²) in [6.07, 6.45) is 3.05. The van der Waals surface area contributed by atoms with E-state index in [9.17, 15) is 14.7 Å². The zero-order valence-corrected chi connectivity index (χ0v) is 20.7. The summed E-state index contributed by atoms with van der Waals surface area (Å²) in [6, 6.07) is 6.77. The summed E-state index contributed by atoms with van der Waals surface area (Å²) in [5.41, 5.74) is 5.85. The van der Waals surface area contributed by atoms with Gasteiger partial charge >= 0.3 is 0 Å². The zero-order chi connectivity index (χ0) is 24.4. The first-order chi connectivity index (χ1) is 16.2. The molecule has 1 aliphatic heterocycles. The van der Waals surface area contributed by atoms with Gasteiger partial charge in [0.2, 0.25) is 11.8 Å². The Kier molecular flexibility index (Phi) is 7.13. The normalized spacial score (nSPS) is 18.9. The molecule has 4 rings (SSSR count). The van der Waals surface area contributed by atoms with Crippen molar-refractivity contribution in [2.75, 3.05) is 6.54 Å². The summed E-state index contributed by atoms with van der Waals surface area (Å²) >= 11 is 1.60. The number of likely N-dealkylation sites (tertiary alicyclic amines) is 1. The fraction of sp³-hybridized carbons (Fsp3) is 0.440. The average Bonchev–Trinajstić information content (AvgIpc) is 3.52. The van der Waals surface area contributed by atoms with Crippen molar-refractivity contribution in [1.82, 2.24) is 25.0 Å². The number of aliphatic hydroxyl groups is 1. The van der Waals surface area contributed by atoms with Crippen LogP contribution < -0.4 is 5.32 Å². The SMILES string of the molecule is Cc1cnn([C@H](C(=O)N2C[C@H](O)C[C@H]2C(=O)NCc2ccc(-c3scnc3C)cc2)C(C)C)c1. The van der Waals surface area contributed by atoms with Crippen LogP contribution in [0.4, 0.5) is 0 Å². The number of aromatic nitrogens is 3. The fourth-order valence-electron chi connectivity index (χ4n) is 4.42. The Morgan fingerprint density at radius 1 is 1.24 bits per heavy atom. The Labute approximate surface area is 203 Å². The molecule has 0 unspecified atom stereocenters. The van der Waals surface area contributed by atoms with E-state index < -0.39 is 18.2 Å². The molecule has 3 heterocycles. The molecule has 1 aromatic carbocycles. The van der Waals surface area contributed by atoms with Crippen LogP contribution in [0.1, 0.15) is 43.1 Å². The maximum Gasteiger partial charge on any atom is 0.248 e. The van der Waals surface area contributed by atoms with Crippen LogP contribution in [-0.2, 0) is 16.1 Å². The van der Waals surface area contributed by atoms with Crippen molar-refractivity contribution in [3.63, 3.8) is 0 Å². The first kappa shape index (κ1) is 24.1. The second kappa shape index (κ2) is 10.1. The van der Waals surface area contributed by atoms with Crippen molar-refractivity contribution in [1.29, 1.82) is 0 Å². The minimum absolute atomic E-state index is 0.0195. The molecule has 3 atom stereocenters. The van der Waals surface area contributed by atoms with Crippen molar-refractivity contribution in [3.8, 4) is 10.4 Å². The molecular weight excluding hydrogens is 450 g/mol. The number of aliphatic hydroxyl groups excluding tert-OH is 1. The van der Waals surface area contributed by atoms with E-state index in [0.29, 0.717) is 6.54 Å². The van der Waals surface area contributed by atoms with Crippen LogP contribution >= 0.6 is 11.3 Å². The van der Waals surface area contributed by atoms with Crippen LogP contribution in [0.5, 0.6) is 0 Å². The number of carbonyl (C=O) groups is 2. The molecule has 2 amide bonds. The molecule has 0 radical (unpaired) electrons. The topological polar surface area (TPSA) is 100 Å². The van der Waals surface area contributed by atoms with E-state index in [1.807, 2.05) is 63.7 Å². The molecule has 2 aromatic heterocycles. The van der Waals surface area contributed by atoms with E-state index >= 15 is 0 Å². The van der Waals surface area contributed by atoms with Crippen LogP contribution in [0.3, 0.4) is 0 Å². The third kappa shape index (κ3) is 5.05. The molecule has 3 aromatic rings. The summed E-state index contributed by atoms with van der Waals surface area (Å²) in [4.78, 5) is 33.5. The first-order valence-electron chi connectivity index (χ1n) is 11.5. The highest BCUT2D eigenvalue weighted by atomic mass is 32.1. The van der Waals surface area contributed by atoms with Gasteiger partial charge in [-0.05, 0) is 36.5 Å². The lowest BCUT2D eigenvalue weighted by molar-refractivity contribution is -0.142. The predicted octanol–water partition coefficient (Wildman–Crippen LogP) is 3.10. The highest BCUT2D eigenvalue weighted by molar-refractivity contribution is 7.13. The van der Waals surface area contributed by atoms with Gasteiger partial charge in [-0.3, -0.25) is 14.3 Å². The van der Waals surface area contributed by atoms with Crippen molar-refractivity contribution in [3.05, 3.63) is 59.0 Å². The van der Waals surface area contributed by atoms with E-state index in [4.69, 9.17) is 0 Å². The number of thiazole rings is 1. The molecule has 1 saturated heterocycles. The lowest BCUT2D eigenvalue weighted by atomic mass is 10.0. The quantitative estimate of drug-likeness (QED) is 0.540. The Morgan fingerprint density at radius 2 is 1.97 bits per heavy atom. The molecule has 0 saturated carbocycles. The first-order valence-corrected chi connectivity index (χ1v) is 12.4. The number of amides is 2. The molecule has 0 spiro atoms. The van der Waals surface area contributed by atoms with Crippen LogP contribution in [-0.4, -0.2) is 55.3 Å². The van der Waals surface area contributed by atoms with E-state index in [-0.39, 0.29) is 30.7 Å². The van der Waals surface area contributed by atoms with Crippen LogP contribution in [0, 0.1) is 19.8 Å². The number of benzene rings is 1. The van der Waals surface area contributed by atoms with E-state index in [1.165, 1.54) is 4.90 Å². The van der Waals surface area contributed by atoms with Crippen LogP contribution in [0.15, 0.2) is 42.2 Å². The number of aryl methyl sites for hydroxylation is 2. The molecule has 2 N–H and O–H groups in total. The van der Waals surface area contributed by atoms with Gasteiger partial charge in [-0.1, -0.05) is 38.1 Å². The molecule has 9 heteroatoms. The van der Waals surface area contributed by atoms with E-state index in [1.54, 1.807) is 22.2 Å².